The van der Waals surface area contributed by atoms with Crippen LogP contribution in [0.5, 0.6) is 11.5 Å². The van der Waals surface area contributed by atoms with Crippen molar-refractivity contribution in [1.29, 1.82) is 5.26 Å². The molecule has 0 bridgehead atoms. The topological polar surface area (TPSA) is 71.7 Å². The van der Waals surface area contributed by atoms with Crippen molar-refractivity contribution >= 4 is 39.0 Å². The van der Waals surface area contributed by atoms with E-state index in [0.29, 0.717) is 40.6 Å². The average molecular weight is 514 g/mol. The first kappa shape index (κ1) is 22.6. The zero-order valence-corrected chi connectivity index (χ0v) is 20.3. The van der Waals surface area contributed by atoms with E-state index in [9.17, 15) is 10.1 Å². The first-order valence-corrected chi connectivity index (χ1v) is 11.4. The van der Waals surface area contributed by atoms with E-state index in [-0.39, 0.29) is 11.7 Å². The van der Waals surface area contributed by atoms with Crippen LogP contribution in [0.4, 0.5) is 0 Å². The van der Waals surface area contributed by atoms with Crippen molar-refractivity contribution in [3.8, 4) is 17.6 Å². The lowest BCUT2D eigenvalue weighted by molar-refractivity contribution is -0.116. The molecule has 2 aromatic rings. The number of methoxy groups -OCH3 is 2. The maximum atomic E-state index is 13.5. The Morgan fingerprint density at radius 1 is 1.12 bits per heavy atom. The van der Waals surface area contributed by atoms with Crippen LogP contribution in [-0.4, -0.2) is 25.7 Å². The number of Topliss-reactive ketones (excluding diaryl/α,β-unsaturated/α-hetero) is 1. The van der Waals surface area contributed by atoms with Crippen LogP contribution in [0.1, 0.15) is 42.7 Å². The van der Waals surface area contributed by atoms with Crippen LogP contribution in [0.15, 0.2) is 57.1 Å². The number of hydrogen-bond acceptors (Lipinski definition) is 5. The van der Waals surface area contributed by atoms with Crippen molar-refractivity contribution in [3.05, 3.63) is 68.3 Å². The van der Waals surface area contributed by atoms with Crippen molar-refractivity contribution < 1.29 is 14.3 Å². The third-order valence-corrected chi connectivity index (χ3v) is 7.15. The maximum Gasteiger partial charge on any atom is 0.161 e. The van der Waals surface area contributed by atoms with E-state index in [1.165, 1.54) is 0 Å². The van der Waals surface area contributed by atoms with E-state index < -0.39 is 11.8 Å². The molecule has 0 N–H and O–H groups in total. The summed E-state index contributed by atoms with van der Waals surface area (Å²) in [6, 6.07) is 13.6. The highest BCUT2D eigenvalue weighted by Gasteiger charge is 2.42. The smallest absolute Gasteiger partial charge is 0.161 e. The Morgan fingerprint density at radius 2 is 1.78 bits per heavy atom. The lowest BCUT2D eigenvalue weighted by atomic mass is 9.69. The van der Waals surface area contributed by atoms with Gasteiger partial charge in [0.15, 0.2) is 17.3 Å². The Labute approximate surface area is 200 Å². The van der Waals surface area contributed by atoms with Gasteiger partial charge in [0.25, 0.3) is 0 Å². The summed E-state index contributed by atoms with van der Waals surface area (Å²) in [5.74, 6) is 0.203. The Hall–Kier alpha value is -2.62. The molecule has 3 atom stereocenters. The van der Waals surface area contributed by atoms with Gasteiger partial charge in [0.2, 0.25) is 0 Å². The van der Waals surface area contributed by atoms with E-state index in [1.807, 2.05) is 43.3 Å². The highest BCUT2D eigenvalue weighted by atomic mass is 79.9. The van der Waals surface area contributed by atoms with Crippen LogP contribution in [0.2, 0.25) is 5.02 Å². The van der Waals surface area contributed by atoms with Crippen LogP contribution in [0.25, 0.3) is 0 Å². The molecule has 2 aliphatic rings. The Balaban J connectivity index is 1.83. The van der Waals surface area contributed by atoms with Crippen molar-refractivity contribution in [2.24, 2.45) is 10.9 Å². The number of nitrogens with zero attached hydrogens (tertiary/aromatic N) is 2. The van der Waals surface area contributed by atoms with Gasteiger partial charge in [-0.05, 0) is 54.7 Å². The summed E-state index contributed by atoms with van der Waals surface area (Å²) in [5, 5.41) is 10.7. The number of hydrogen-bond donors (Lipinski definition) is 0. The van der Waals surface area contributed by atoms with E-state index in [1.54, 1.807) is 14.2 Å². The second-order valence-corrected chi connectivity index (χ2v) is 9.30. The van der Waals surface area contributed by atoms with Crippen molar-refractivity contribution in [2.45, 2.75) is 31.6 Å². The quantitative estimate of drug-likeness (QED) is 0.487. The second-order valence-electron chi connectivity index (χ2n) is 8.01. The predicted octanol–water partition coefficient (Wildman–Crippen LogP) is 6.22. The first-order valence-electron chi connectivity index (χ1n) is 10.3. The molecule has 4 rings (SSSR count). The fourth-order valence-electron chi connectivity index (χ4n) is 4.64. The molecule has 0 saturated heterocycles. The number of carbonyl (C=O) groups excluding carboxylic acids is 1. The first-order chi connectivity index (χ1) is 15.4. The van der Waals surface area contributed by atoms with Gasteiger partial charge in [-0.2, -0.15) is 5.26 Å². The summed E-state index contributed by atoms with van der Waals surface area (Å²) >= 11 is 9.66. The third kappa shape index (κ3) is 3.96. The molecule has 0 radical (unpaired) electrons. The molecule has 0 amide bonds. The highest BCUT2D eigenvalue weighted by molar-refractivity contribution is 9.10. The molecule has 0 saturated carbocycles. The maximum absolute atomic E-state index is 13.5. The number of allylic oxidation sites excluding steroid dienone is 2. The lowest BCUT2D eigenvalue weighted by Crippen LogP contribution is -2.32. The van der Waals surface area contributed by atoms with Crippen molar-refractivity contribution in [2.75, 3.05) is 14.2 Å². The fourth-order valence-corrected chi connectivity index (χ4v) is 5.34. The van der Waals surface area contributed by atoms with Crippen LogP contribution in [0, 0.1) is 17.2 Å². The summed E-state index contributed by atoms with van der Waals surface area (Å²) < 4.78 is 11.7. The van der Waals surface area contributed by atoms with E-state index in [4.69, 9.17) is 26.1 Å². The van der Waals surface area contributed by atoms with Crippen LogP contribution in [0.3, 0.4) is 0 Å². The molecular weight excluding hydrogens is 492 g/mol. The summed E-state index contributed by atoms with van der Waals surface area (Å²) in [6.07, 6.45) is 1.01. The molecule has 0 aromatic heterocycles. The van der Waals surface area contributed by atoms with Gasteiger partial charge in [0, 0.05) is 38.8 Å². The number of ether oxygens (including phenoxy) is 2. The van der Waals surface area contributed by atoms with Gasteiger partial charge < -0.3 is 9.47 Å². The largest absolute Gasteiger partial charge is 0.493 e. The molecule has 1 heterocycles. The standard InChI is InChI=1S/C25H22BrClN2O3/c1-13-18(12-28)24(17-10-22(31-2)23(32-3)11-19(17)26)25-20(29-13)8-15(9-21(25)30)14-4-6-16(27)7-5-14/h4-7,10-11,15,18,24H,8-9H2,1-3H3/t15-,18?,24-/m1/s1. The molecule has 7 heteroatoms. The van der Waals surface area contributed by atoms with Gasteiger partial charge in [-0.3, -0.25) is 9.79 Å². The average Bonchev–Trinajstić information content (AvgIpc) is 2.78. The SMILES string of the molecule is COc1cc(Br)c([C@H]2C3=C(C[C@@H](c4ccc(Cl)cc4)CC3=O)N=C(C)C2C#N)cc1OC. The van der Waals surface area contributed by atoms with Crippen LogP contribution >= 0.6 is 27.5 Å². The molecular formula is C25H22BrClN2O3. The Morgan fingerprint density at radius 3 is 2.41 bits per heavy atom. The van der Waals surface area contributed by atoms with E-state index in [0.717, 1.165) is 21.3 Å². The third-order valence-electron chi connectivity index (χ3n) is 6.21. The van der Waals surface area contributed by atoms with Gasteiger partial charge in [0.05, 0.1) is 26.2 Å². The number of ketones is 1. The molecule has 32 heavy (non-hydrogen) atoms. The van der Waals surface area contributed by atoms with Gasteiger partial charge in [-0.15, -0.1) is 0 Å². The molecule has 1 unspecified atom stereocenters. The minimum atomic E-state index is -0.542. The van der Waals surface area contributed by atoms with Gasteiger partial charge in [-0.25, -0.2) is 0 Å². The number of nitriles is 1. The van der Waals surface area contributed by atoms with Crippen LogP contribution in [-0.2, 0) is 4.79 Å². The number of carbonyl (C=O) groups is 1. The number of benzene rings is 2. The van der Waals surface area contributed by atoms with Crippen molar-refractivity contribution in [1.82, 2.24) is 0 Å². The van der Waals surface area contributed by atoms with E-state index >= 15 is 0 Å². The molecule has 5 nitrogen and oxygen atoms in total. The monoisotopic (exact) mass is 512 g/mol. The number of aliphatic imine (C=N–C) groups is 1. The van der Waals surface area contributed by atoms with Gasteiger partial charge in [0.1, 0.15) is 0 Å². The van der Waals surface area contributed by atoms with Gasteiger partial charge in [-0.1, -0.05) is 39.7 Å². The zero-order chi connectivity index (χ0) is 23.0. The summed E-state index contributed by atoms with van der Waals surface area (Å²) in [4.78, 5) is 18.2. The number of rotatable bonds is 4. The second kappa shape index (κ2) is 9.09. The Kier molecular flexibility index (Phi) is 6.41. The molecule has 2 aromatic carbocycles. The predicted molar refractivity (Wildman–Crippen MR) is 128 cm³/mol. The normalized spacial score (nSPS) is 22.7. The fraction of sp³-hybridized carbons (Fsp3) is 0.320. The number of halogens is 2. The molecule has 0 fully saturated rings. The molecule has 0 spiro atoms. The van der Waals surface area contributed by atoms with Gasteiger partial charge >= 0.3 is 0 Å². The minimum absolute atomic E-state index is 0.0226. The lowest BCUT2D eigenvalue weighted by Gasteiger charge is -2.35. The zero-order valence-electron chi connectivity index (χ0n) is 18.0. The summed E-state index contributed by atoms with van der Waals surface area (Å²) in [5.41, 5.74) is 3.97. The Bertz CT molecular complexity index is 1180. The summed E-state index contributed by atoms with van der Waals surface area (Å²) in [6.45, 7) is 1.86. The highest BCUT2D eigenvalue weighted by Crippen LogP contribution is 2.49. The summed E-state index contributed by atoms with van der Waals surface area (Å²) in [7, 11) is 3.14. The van der Waals surface area contributed by atoms with Crippen LogP contribution < -0.4 is 9.47 Å². The molecule has 164 valence electrons. The molecule has 1 aliphatic heterocycles. The molecule has 1 aliphatic carbocycles. The minimum Gasteiger partial charge on any atom is -0.493 e. The van der Waals surface area contributed by atoms with Crippen molar-refractivity contribution in [3.63, 3.8) is 0 Å². The van der Waals surface area contributed by atoms with E-state index in [2.05, 4.69) is 22.0 Å².